The van der Waals surface area contributed by atoms with Crippen LogP contribution >= 0.6 is 0 Å². The maximum atomic E-state index is 11.3. The molecule has 5 nitrogen and oxygen atoms in total. The first kappa shape index (κ1) is 8.10. The van der Waals surface area contributed by atoms with Crippen molar-refractivity contribution in [2.24, 2.45) is 13.0 Å². The van der Waals surface area contributed by atoms with E-state index in [1.54, 1.807) is 11.6 Å². The van der Waals surface area contributed by atoms with Crippen molar-refractivity contribution in [3.05, 3.63) is 6.20 Å². The van der Waals surface area contributed by atoms with E-state index in [-0.39, 0.29) is 17.7 Å². The van der Waals surface area contributed by atoms with Crippen molar-refractivity contribution in [1.29, 1.82) is 0 Å². The third-order valence-electron chi connectivity index (χ3n) is 2.05. The van der Waals surface area contributed by atoms with Gasteiger partial charge in [-0.1, -0.05) is 0 Å². The Hall–Kier alpha value is -1.52. The Morgan fingerprint density at radius 2 is 2.46 bits per heavy atom. The average molecular weight is 181 g/mol. The lowest BCUT2D eigenvalue weighted by molar-refractivity contribution is -0.117. The minimum atomic E-state index is -0.0754. The number of hydrogen-bond donors (Lipinski definition) is 2. The van der Waals surface area contributed by atoms with E-state index >= 15 is 0 Å². The number of hydrogen-bond acceptors (Lipinski definition) is 3. The Bertz CT molecular complexity index is 341. The van der Waals surface area contributed by atoms with E-state index in [0.717, 1.165) is 12.8 Å². The maximum Gasteiger partial charge on any atom is 0.231 e. The lowest BCUT2D eigenvalue weighted by Gasteiger charge is -2.01. The monoisotopic (exact) mass is 181 g/mol. The molecule has 1 aliphatic rings. The predicted molar refractivity (Wildman–Crippen MR) is 46.2 cm³/mol. The summed E-state index contributed by atoms with van der Waals surface area (Å²) in [7, 11) is 1.72. The largest absolute Gasteiger partial charge is 0.492 e. The molecule has 1 aromatic rings. The third-order valence-corrected chi connectivity index (χ3v) is 2.05. The number of nitrogens with one attached hydrogen (secondary N) is 1. The molecule has 13 heavy (non-hydrogen) atoms. The molecule has 0 aliphatic heterocycles. The fourth-order valence-electron chi connectivity index (χ4n) is 1.12. The minimum absolute atomic E-state index is 0.00583. The summed E-state index contributed by atoms with van der Waals surface area (Å²) < 4.78 is 1.58. The fraction of sp³-hybridized carbons (Fsp3) is 0.500. The molecule has 0 aromatic carbocycles. The van der Waals surface area contributed by atoms with Gasteiger partial charge in [0.05, 0.1) is 6.20 Å². The minimum Gasteiger partial charge on any atom is -0.492 e. The summed E-state index contributed by atoms with van der Waals surface area (Å²) >= 11 is 0. The van der Waals surface area contributed by atoms with E-state index in [1.165, 1.54) is 6.20 Å². The SMILES string of the molecule is Cn1cc(O)nc1NC(=O)C1CC1. The zero-order valence-corrected chi connectivity index (χ0v) is 7.32. The van der Waals surface area contributed by atoms with Gasteiger partial charge in [0.1, 0.15) is 0 Å². The van der Waals surface area contributed by atoms with Crippen molar-refractivity contribution >= 4 is 11.9 Å². The number of carbonyl (C=O) groups excluding carboxylic acids is 1. The molecule has 0 bridgehead atoms. The summed E-state index contributed by atoms with van der Waals surface area (Å²) in [6, 6.07) is 0. The highest BCUT2D eigenvalue weighted by Crippen LogP contribution is 2.30. The van der Waals surface area contributed by atoms with E-state index in [9.17, 15) is 4.79 Å². The van der Waals surface area contributed by atoms with Gasteiger partial charge in [0.25, 0.3) is 0 Å². The zero-order chi connectivity index (χ0) is 9.42. The van der Waals surface area contributed by atoms with Crippen molar-refractivity contribution in [3.8, 4) is 5.88 Å². The number of amides is 1. The zero-order valence-electron chi connectivity index (χ0n) is 7.32. The molecule has 2 rings (SSSR count). The van der Waals surface area contributed by atoms with Crippen LogP contribution in [0.25, 0.3) is 0 Å². The first-order valence-electron chi connectivity index (χ1n) is 4.20. The molecule has 1 amide bonds. The number of aryl methyl sites for hydroxylation is 1. The summed E-state index contributed by atoms with van der Waals surface area (Å²) in [5.41, 5.74) is 0. The van der Waals surface area contributed by atoms with Gasteiger partial charge < -0.3 is 9.67 Å². The van der Waals surface area contributed by atoms with Gasteiger partial charge in [-0.25, -0.2) is 0 Å². The van der Waals surface area contributed by atoms with Crippen LogP contribution in [0.4, 0.5) is 5.95 Å². The van der Waals surface area contributed by atoms with E-state index < -0.39 is 0 Å². The Balaban J connectivity index is 2.07. The van der Waals surface area contributed by atoms with Crippen LogP contribution in [-0.4, -0.2) is 20.6 Å². The van der Waals surface area contributed by atoms with Gasteiger partial charge in [-0.15, -0.1) is 0 Å². The smallest absolute Gasteiger partial charge is 0.231 e. The van der Waals surface area contributed by atoms with Gasteiger partial charge in [0, 0.05) is 13.0 Å². The highest BCUT2D eigenvalue weighted by atomic mass is 16.3. The predicted octanol–water partition coefficient (Wildman–Crippen LogP) is 0.474. The van der Waals surface area contributed by atoms with Crippen LogP contribution < -0.4 is 5.32 Å². The molecule has 70 valence electrons. The topological polar surface area (TPSA) is 67.2 Å². The lowest BCUT2D eigenvalue weighted by Crippen LogP contribution is -2.16. The molecule has 0 atom stereocenters. The van der Waals surface area contributed by atoms with Crippen LogP contribution in [0.15, 0.2) is 6.20 Å². The molecule has 0 saturated heterocycles. The molecule has 0 radical (unpaired) electrons. The summed E-state index contributed by atoms with van der Waals surface area (Å²) in [6.45, 7) is 0. The van der Waals surface area contributed by atoms with Gasteiger partial charge in [-0.3, -0.25) is 10.1 Å². The molecule has 5 heteroatoms. The molecule has 1 heterocycles. The number of carbonyl (C=O) groups is 1. The van der Waals surface area contributed by atoms with E-state index in [2.05, 4.69) is 10.3 Å². The number of nitrogens with zero attached hydrogens (tertiary/aromatic N) is 2. The lowest BCUT2D eigenvalue weighted by atomic mass is 10.4. The molecule has 1 saturated carbocycles. The summed E-state index contributed by atoms with van der Waals surface area (Å²) in [6.07, 6.45) is 3.37. The number of rotatable bonds is 2. The van der Waals surface area contributed by atoms with Crippen molar-refractivity contribution < 1.29 is 9.90 Å². The summed E-state index contributed by atoms with van der Waals surface area (Å²) in [5, 5.41) is 11.7. The third kappa shape index (κ3) is 1.63. The second kappa shape index (κ2) is 2.76. The van der Waals surface area contributed by atoms with Crippen molar-refractivity contribution in [2.75, 3.05) is 5.32 Å². The highest BCUT2D eigenvalue weighted by Gasteiger charge is 2.30. The average Bonchev–Trinajstić information content (AvgIpc) is 2.81. The first-order valence-corrected chi connectivity index (χ1v) is 4.20. The van der Waals surface area contributed by atoms with Gasteiger partial charge in [0.15, 0.2) is 0 Å². The van der Waals surface area contributed by atoms with Crippen LogP contribution in [0.2, 0.25) is 0 Å². The van der Waals surface area contributed by atoms with Crippen molar-refractivity contribution in [2.45, 2.75) is 12.8 Å². The van der Waals surface area contributed by atoms with Crippen LogP contribution in [0.1, 0.15) is 12.8 Å². The molecular formula is C8H11N3O2. The molecule has 0 spiro atoms. The Kier molecular flexibility index (Phi) is 1.72. The number of imidazole rings is 1. The van der Waals surface area contributed by atoms with Gasteiger partial charge in [-0.05, 0) is 12.8 Å². The van der Waals surface area contributed by atoms with E-state index in [1.807, 2.05) is 0 Å². The molecule has 1 fully saturated rings. The fourth-order valence-corrected chi connectivity index (χ4v) is 1.12. The maximum absolute atomic E-state index is 11.3. The second-order valence-electron chi connectivity index (χ2n) is 3.30. The molecular weight excluding hydrogens is 170 g/mol. The molecule has 0 unspecified atom stereocenters. The van der Waals surface area contributed by atoms with Gasteiger partial charge >= 0.3 is 0 Å². The Morgan fingerprint density at radius 3 is 2.92 bits per heavy atom. The summed E-state index contributed by atoms with van der Waals surface area (Å²) in [5.74, 6) is 0.468. The number of anilines is 1. The standard InChI is InChI=1S/C8H11N3O2/c1-11-4-6(12)9-8(11)10-7(13)5-2-3-5/h4-5,12H,2-3H2,1H3,(H,9,10,13). The molecule has 1 aliphatic carbocycles. The Morgan fingerprint density at radius 1 is 1.77 bits per heavy atom. The van der Waals surface area contributed by atoms with E-state index in [4.69, 9.17) is 5.11 Å². The van der Waals surface area contributed by atoms with Crippen LogP contribution in [0.5, 0.6) is 5.88 Å². The first-order chi connectivity index (χ1) is 6.16. The highest BCUT2D eigenvalue weighted by molar-refractivity contribution is 5.92. The molecule has 2 N–H and O–H groups in total. The Labute approximate surface area is 75.4 Å². The quantitative estimate of drug-likeness (QED) is 0.697. The summed E-state index contributed by atoms with van der Waals surface area (Å²) in [4.78, 5) is 15.0. The van der Waals surface area contributed by atoms with E-state index in [0.29, 0.717) is 5.95 Å². The van der Waals surface area contributed by atoms with Gasteiger partial charge in [0.2, 0.25) is 17.7 Å². The van der Waals surface area contributed by atoms with Crippen molar-refractivity contribution in [1.82, 2.24) is 9.55 Å². The normalized spacial score (nSPS) is 15.8. The number of aromatic hydroxyl groups is 1. The van der Waals surface area contributed by atoms with Crippen LogP contribution in [0.3, 0.4) is 0 Å². The van der Waals surface area contributed by atoms with Gasteiger partial charge in [-0.2, -0.15) is 4.98 Å². The van der Waals surface area contributed by atoms with Crippen LogP contribution in [-0.2, 0) is 11.8 Å². The van der Waals surface area contributed by atoms with Crippen LogP contribution in [0, 0.1) is 5.92 Å². The van der Waals surface area contributed by atoms with Crippen molar-refractivity contribution in [3.63, 3.8) is 0 Å². The second-order valence-corrected chi connectivity index (χ2v) is 3.30. The number of aromatic nitrogens is 2. The molecule has 1 aromatic heterocycles.